The first-order chi connectivity index (χ1) is 11.6. The van der Waals surface area contributed by atoms with Crippen molar-refractivity contribution in [3.63, 3.8) is 0 Å². The van der Waals surface area contributed by atoms with Crippen molar-refractivity contribution >= 4 is 37.4 Å². The van der Waals surface area contributed by atoms with E-state index in [2.05, 4.69) is 10.4 Å². The van der Waals surface area contributed by atoms with E-state index in [9.17, 15) is 9.59 Å². The Kier molecular flexibility index (Phi) is 4.94. The van der Waals surface area contributed by atoms with Gasteiger partial charge in [-0.3, -0.25) is 9.59 Å². The summed E-state index contributed by atoms with van der Waals surface area (Å²) < 4.78 is 3.56. The van der Waals surface area contributed by atoms with Gasteiger partial charge in [-0.1, -0.05) is 25.1 Å². The van der Waals surface area contributed by atoms with Gasteiger partial charge in [0.05, 0.1) is 15.8 Å². The third-order valence-electron chi connectivity index (χ3n) is 3.99. The summed E-state index contributed by atoms with van der Waals surface area (Å²) in [5, 5.41) is 9.02. The number of nitrogens with one attached hydrogen (secondary N) is 1. The molecule has 24 heavy (non-hydrogen) atoms. The maximum absolute atomic E-state index is 12.8. The van der Waals surface area contributed by atoms with Crippen LogP contribution in [0.15, 0.2) is 29.1 Å². The van der Waals surface area contributed by atoms with Crippen molar-refractivity contribution < 1.29 is 4.79 Å². The average molecular weight is 343 g/mol. The molecule has 1 amide bonds. The molecule has 0 bridgehead atoms. The lowest BCUT2D eigenvalue weighted by Crippen LogP contribution is -2.26. The van der Waals surface area contributed by atoms with E-state index in [0.717, 1.165) is 32.3 Å². The molecule has 126 valence electrons. The molecular formula is C18H21N3O2S. The van der Waals surface area contributed by atoms with E-state index in [4.69, 9.17) is 0 Å². The largest absolute Gasteiger partial charge is 0.356 e. The van der Waals surface area contributed by atoms with Crippen LogP contribution in [0.25, 0.3) is 20.2 Å². The van der Waals surface area contributed by atoms with Crippen LogP contribution in [0.2, 0.25) is 0 Å². The number of benzene rings is 1. The molecule has 1 N–H and O–H groups in total. The number of carbonyl (C=O) groups excluding carboxylic acids is 1. The minimum Gasteiger partial charge on any atom is -0.356 e. The standard InChI is InChI=1S/C18H21N3O2S/c1-3-10-19-15(22)9-6-11-21-18(23)16-13-7-4-5-8-14(13)24-17(16)12(2)20-21/h4-5,7-8H,3,6,9-11H2,1-2H3,(H,19,22). The maximum atomic E-state index is 12.8. The van der Waals surface area contributed by atoms with Gasteiger partial charge in [0, 0.05) is 29.6 Å². The summed E-state index contributed by atoms with van der Waals surface area (Å²) in [5.41, 5.74) is 0.795. The van der Waals surface area contributed by atoms with Crippen LogP contribution in [0.5, 0.6) is 0 Å². The zero-order valence-corrected chi connectivity index (χ0v) is 14.8. The molecule has 1 aromatic carbocycles. The van der Waals surface area contributed by atoms with Crippen LogP contribution < -0.4 is 10.9 Å². The van der Waals surface area contributed by atoms with Gasteiger partial charge in [0.25, 0.3) is 5.56 Å². The van der Waals surface area contributed by atoms with Crippen molar-refractivity contribution in [1.29, 1.82) is 0 Å². The zero-order chi connectivity index (χ0) is 17.1. The van der Waals surface area contributed by atoms with Gasteiger partial charge in [0.15, 0.2) is 0 Å². The summed E-state index contributed by atoms with van der Waals surface area (Å²) in [7, 11) is 0. The van der Waals surface area contributed by atoms with Gasteiger partial charge in [-0.25, -0.2) is 4.68 Å². The number of aryl methyl sites for hydroxylation is 2. The molecule has 0 radical (unpaired) electrons. The van der Waals surface area contributed by atoms with Crippen LogP contribution in [0, 0.1) is 6.92 Å². The van der Waals surface area contributed by atoms with E-state index in [1.165, 1.54) is 4.68 Å². The lowest BCUT2D eigenvalue weighted by Gasteiger charge is -2.07. The fraction of sp³-hybridized carbons (Fsp3) is 0.389. The normalized spacial score (nSPS) is 11.2. The third-order valence-corrected chi connectivity index (χ3v) is 5.27. The van der Waals surface area contributed by atoms with E-state index in [1.54, 1.807) is 11.3 Å². The Morgan fingerprint density at radius 3 is 2.92 bits per heavy atom. The summed E-state index contributed by atoms with van der Waals surface area (Å²) in [6, 6.07) is 7.94. The summed E-state index contributed by atoms with van der Waals surface area (Å²) in [6.45, 7) is 5.11. The van der Waals surface area contributed by atoms with E-state index >= 15 is 0 Å². The molecule has 0 saturated carbocycles. The second-order valence-corrected chi connectivity index (χ2v) is 6.92. The molecule has 0 saturated heterocycles. The number of aromatic nitrogens is 2. The van der Waals surface area contributed by atoms with Crippen molar-refractivity contribution in [2.45, 2.75) is 39.7 Å². The topological polar surface area (TPSA) is 64.0 Å². The van der Waals surface area contributed by atoms with Crippen molar-refractivity contribution in [2.24, 2.45) is 0 Å². The average Bonchev–Trinajstić information content (AvgIpc) is 2.97. The molecular weight excluding hydrogens is 322 g/mol. The lowest BCUT2D eigenvalue weighted by atomic mass is 10.2. The van der Waals surface area contributed by atoms with Crippen LogP contribution in [0.1, 0.15) is 31.9 Å². The van der Waals surface area contributed by atoms with Crippen LogP contribution >= 0.6 is 11.3 Å². The van der Waals surface area contributed by atoms with E-state index in [-0.39, 0.29) is 11.5 Å². The predicted molar refractivity (Wildman–Crippen MR) is 98.7 cm³/mol. The molecule has 2 aromatic heterocycles. The molecule has 6 heteroatoms. The first-order valence-electron chi connectivity index (χ1n) is 8.27. The van der Waals surface area contributed by atoms with Gasteiger partial charge < -0.3 is 5.32 Å². The summed E-state index contributed by atoms with van der Waals surface area (Å²) in [4.78, 5) is 24.5. The summed E-state index contributed by atoms with van der Waals surface area (Å²) in [5.74, 6) is 0.0312. The molecule has 0 aliphatic heterocycles. The van der Waals surface area contributed by atoms with Gasteiger partial charge in [0.2, 0.25) is 5.91 Å². The molecule has 3 rings (SSSR count). The van der Waals surface area contributed by atoms with Crippen LogP contribution in [0.4, 0.5) is 0 Å². The van der Waals surface area contributed by atoms with Crippen molar-refractivity contribution in [3.05, 3.63) is 40.3 Å². The lowest BCUT2D eigenvalue weighted by molar-refractivity contribution is -0.121. The number of hydrogen-bond acceptors (Lipinski definition) is 4. The van der Waals surface area contributed by atoms with Crippen LogP contribution in [-0.4, -0.2) is 22.2 Å². The molecule has 2 heterocycles. The Balaban J connectivity index is 1.87. The number of nitrogens with zero attached hydrogens (tertiary/aromatic N) is 2. The minimum absolute atomic E-state index is 0.0312. The molecule has 0 fully saturated rings. The highest BCUT2D eigenvalue weighted by atomic mass is 32.1. The van der Waals surface area contributed by atoms with E-state index < -0.39 is 0 Å². The van der Waals surface area contributed by atoms with Gasteiger partial charge >= 0.3 is 0 Å². The van der Waals surface area contributed by atoms with Crippen molar-refractivity contribution in [1.82, 2.24) is 15.1 Å². The van der Waals surface area contributed by atoms with Gasteiger partial charge in [-0.2, -0.15) is 5.10 Å². The smallest absolute Gasteiger partial charge is 0.276 e. The van der Waals surface area contributed by atoms with Crippen molar-refractivity contribution in [2.75, 3.05) is 6.54 Å². The molecule has 0 spiro atoms. The van der Waals surface area contributed by atoms with Crippen LogP contribution in [0.3, 0.4) is 0 Å². The number of rotatable bonds is 6. The SMILES string of the molecule is CCCNC(=O)CCCn1nc(C)c2sc3ccccc3c2c1=O. The number of fused-ring (bicyclic) bond motifs is 3. The summed E-state index contributed by atoms with van der Waals surface area (Å²) in [6.07, 6.45) is 1.94. The predicted octanol–water partition coefficient (Wildman–Crippen LogP) is 3.23. The molecule has 0 atom stereocenters. The maximum Gasteiger partial charge on any atom is 0.276 e. The number of thiophene rings is 1. The Hall–Kier alpha value is -2.21. The quantitative estimate of drug-likeness (QED) is 0.747. The molecule has 0 unspecified atom stereocenters. The van der Waals surface area contributed by atoms with Gasteiger partial charge in [-0.15, -0.1) is 11.3 Å². The number of amides is 1. The number of hydrogen-bond donors (Lipinski definition) is 1. The van der Waals surface area contributed by atoms with E-state index in [0.29, 0.717) is 25.9 Å². The Morgan fingerprint density at radius 1 is 1.33 bits per heavy atom. The highest BCUT2D eigenvalue weighted by molar-refractivity contribution is 7.26. The summed E-state index contributed by atoms with van der Waals surface area (Å²) >= 11 is 1.61. The highest BCUT2D eigenvalue weighted by Gasteiger charge is 2.14. The molecule has 0 aliphatic rings. The van der Waals surface area contributed by atoms with E-state index in [1.807, 2.05) is 38.1 Å². The molecule has 0 aliphatic carbocycles. The Morgan fingerprint density at radius 2 is 2.12 bits per heavy atom. The third kappa shape index (κ3) is 3.19. The first-order valence-corrected chi connectivity index (χ1v) is 9.09. The van der Waals surface area contributed by atoms with Gasteiger partial charge in [0.1, 0.15) is 0 Å². The molecule has 3 aromatic rings. The van der Waals surface area contributed by atoms with Crippen molar-refractivity contribution in [3.8, 4) is 0 Å². The second kappa shape index (κ2) is 7.13. The second-order valence-electron chi connectivity index (χ2n) is 5.87. The Labute approximate surface area is 144 Å². The molecule has 5 nitrogen and oxygen atoms in total. The number of carbonyl (C=O) groups is 1. The monoisotopic (exact) mass is 343 g/mol. The van der Waals surface area contributed by atoms with Gasteiger partial charge in [-0.05, 0) is 25.8 Å². The minimum atomic E-state index is -0.0676. The zero-order valence-electron chi connectivity index (χ0n) is 14.0. The Bertz CT molecular complexity index is 942. The fourth-order valence-electron chi connectivity index (χ4n) is 2.81. The highest BCUT2D eigenvalue weighted by Crippen LogP contribution is 2.32. The van der Waals surface area contributed by atoms with Crippen LogP contribution in [-0.2, 0) is 11.3 Å². The first kappa shape index (κ1) is 16.6. The fourth-order valence-corrected chi connectivity index (χ4v) is 3.94.